The van der Waals surface area contributed by atoms with Crippen molar-refractivity contribution in [1.82, 2.24) is 10.6 Å². The molecule has 2 aliphatic carbocycles. The van der Waals surface area contributed by atoms with Crippen LogP contribution in [0.5, 0.6) is 0 Å². The van der Waals surface area contributed by atoms with Crippen LogP contribution in [-0.4, -0.2) is 79.3 Å². The van der Waals surface area contributed by atoms with Crippen LogP contribution in [0.4, 0.5) is 0 Å². The molecular formula is C44H66N2O5. The van der Waals surface area contributed by atoms with Gasteiger partial charge >= 0.3 is 0 Å². The van der Waals surface area contributed by atoms with Gasteiger partial charge < -0.3 is 30.7 Å². The second-order valence-corrected chi connectivity index (χ2v) is 15.6. The number of aldehydes is 1. The lowest BCUT2D eigenvalue weighted by atomic mass is 9.51. The molecule has 4 rings (SSSR count). The van der Waals surface area contributed by atoms with Crippen molar-refractivity contribution in [3.05, 3.63) is 94.1 Å². The van der Waals surface area contributed by atoms with Crippen LogP contribution in [0.3, 0.4) is 0 Å². The van der Waals surface area contributed by atoms with E-state index in [1.54, 1.807) is 0 Å². The number of ether oxygens (including phenoxy) is 1. The molecule has 7 nitrogen and oxygen atoms in total. The molecule has 1 spiro atoms. The highest BCUT2D eigenvalue weighted by Gasteiger charge is 2.65. The number of allylic oxidation sites excluding steroid dienone is 7. The van der Waals surface area contributed by atoms with Crippen molar-refractivity contribution in [1.29, 1.82) is 0 Å². The fourth-order valence-electron chi connectivity index (χ4n) is 9.32. The molecule has 282 valence electrons. The van der Waals surface area contributed by atoms with E-state index in [0.29, 0.717) is 76.3 Å². The summed E-state index contributed by atoms with van der Waals surface area (Å²) in [5.74, 6) is -0.174. The predicted octanol–water partition coefficient (Wildman–Crippen LogP) is 6.59. The Bertz CT molecular complexity index is 1440. The summed E-state index contributed by atoms with van der Waals surface area (Å²) in [5.41, 5.74) is 5.82. The normalized spacial score (nSPS) is 31.6. The Morgan fingerprint density at radius 3 is 2.69 bits per heavy atom. The van der Waals surface area contributed by atoms with Crippen LogP contribution in [0, 0.1) is 23.2 Å². The first kappa shape index (κ1) is 41.1. The van der Waals surface area contributed by atoms with E-state index in [2.05, 4.69) is 79.6 Å². The molecule has 2 fully saturated rings. The molecule has 5 N–H and O–H groups in total. The highest BCUT2D eigenvalue weighted by molar-refractivity contribution is 5.74. The summed E-state index contributed by atoms with van der Waals surface area (Å²) in [4.78, 5) is 12.1. The molecule has 3 aliphatic rings. The fraction of sp³-hybridized carbons (Fsp3) is 0.614. The molecule has 2 bridgehead atoms. The Kier molecular flexibility index (Phi) is 15.7. The lowest BCUT2D eigenvalue weighted by Gasteiger charge is -2.57. The first-order valence-corrected chi connectivity index (χ1v) is 19.4. The van der Waals surface area contributed by atoms with Gasteiger partial charge in [-0.25, -0.2) is 0 Å². The summed E-state index contributed by atoms with van der Waals surface area (Å²) in [6.07, 6.45) is 15.6. The number of fused-ring (bicyclic) bond motifs is 2. The number of aliphatic hydroxyl groups is 3. The van der Waals surface area contributed by atoms with E-state index in [-0.39, 0.29) is 24.4 Å². The van der Waals surface area contributed by atoms with Crippen molar-refractivity contribution in [3.63, 3.8) is 0 Å². The summed E-state index contributed by atoms with van der Waals surface area (Å²) in [6.45, 7) is 15.3. The summed E-state index contributed by atoms with van der Waals surface area (Å²) in [6, 6.07) is 9.36. The van der Waals surface area contributed by atoms with Gasteiger partial charge in [0.1, 0.15) is 6.29 Å². The number of hydrogen-bond donors (Lipinski definition) is 5. The van der Waals surface area contributed by atoms with Crippen molar-refractivity contribution in [3.8, 4) is 0 Å². The Balaban J connectivity index is 1.66. The molecule has 1 heterocycles. The summed E-state index contributed by atoms with van der Waals surface area (Å²) >= 11 is 0. The van der Waals surface area contributed by atoms with Crippen LogP contribution in [0.2, 0.25) is 0 Å². The van der Waals surface area contributed by atoms with Crippen LogP contribution in [0.15, 0.2) is 83.0 Å². The third-order valence-corrected chi connectivity index (χ3v) is 12.2. The smallest absolute Gasteiger partial charge is 0.145 e. The van der Waals surface area contributed by atoms with Crippen molar-refractivity contribution in [2.45, 2.75) is 110 Å². The number of benzene rings is 1. The van der Waals surface area contributed by atoms with Gasteiger partial charge in [-0.15, -0.1) is 0 Å². The molecule has 2 saturated carbocycles. The maximum Gasteiger partial charge on any atom is 0.145 e. The highest BCUT2D eigenvalue weighted by Crippen LogP contribution is 2.64. The van der Waals surface area contributed by atoms with Gasteiger partial charge in [-0.1, -0.05) is 71.9 Å². The van der Waals surface area contributed by atoms with Gasteiger partial charge in [0, 0.05) is 37.1 Å². The first-order valence-electron chi connectivity index (χ1n) is 19.4. The number of aliphatic hydroxyl groups excluding tert-OH is 2. The van der Waals surface area contributed by atoms with Gasteiger partial charge in [0.25, 0.3) is 0 Å². The van der Waals surface area contributed by atoms with Crippen LogP contribution in [0.1, 0.15) is 90.2 Å². The van der Waals surface area contributed by atoms with Crippen LogP contribution >= 0.6 is 0 Å². The maximum atomic E-state index is 12.6. The molecular weight excluding hydrogens is 636 g/mol. The number of rotatable bonds is 14. The Labute approximate surface area is 308 Å². The highest BCUT2D eigenvalue weighted by atomic mass is 16.5. The van der Waals surface area contributed by atoms with E-state index < -0.39 is 17.1 Å². The molecule has 1 aromatic rings. The number of nitrogens with one attached hydrogen (secondary N) is 2. The molecule has 7 unspecified atom stereocenters. The molecule has 0 aromatic heterocycles. The van der Waals surface area contributed by atoms with Crippen molar-refractivity contribution < 1.29 is 24.9 Å². The van der Waals surface area contributed by atoms with Gasteiger partial charge in [-0.05, 0) is 140 Å². The molecule has 0 saturated heterocycles. The SMILES string of the molecule is C=C(C=CC=C(COCC)C1CCC2(C(CCCO)C(=C(C)C=O)CCC2(O)CCNC)C1O)C1CC=C(C)CNC(C)Cc2cccc(c2)C1. The van der Waals surface area contributed by atoms with Crippen molar-refractivity contribution >= 4 is 6.29 Å². The van der Waals surface area contributed by atoms with Gasteiger partial charge in [0.05, 0.1) is 18.3 Å². The summed E-state index contributed by atoms with van der Waals surface area (Å²) < 4.78 is 6.00. The van der Waals surface area contributed by atoms with Gasteiger partial charge in [-0.2, -0.15) is 0 Å². The second kappa shape index (κ2) is 19.4. The quantitative estimate of drug-likeness (QED) is 0.0645. The molecule has 0 radical (unpaired) electrons. The van der Waals surface area contributed by atoms with Crippen LogP contribution in [0.25, 0.3) is 0 Å². The number of carbonyl (C=O) groups excluding carboxylic acids is 1. The van der Waals surface area contributed by atoms with E-state index in [0.717, 1.165) is 48.8 Å². The number of hydrogen-bond acceptors (Lipinski definition) is 7. The fourth-order valence-corrected chi connectivity index (χ4v) is 9.32. The lowest BCUT2D eigenvalue weighted by molar-refractivity contribution is -0.180. The van der Waals surface area contributed by atoms with E-state index in [4.69, 9.17) is 4.74 Å². The first-order chi connectivity index (χ1) is 24.5. The summed E-state index contributed by atoms with van der Waals surface area (Å²) in [5, 5.41) is 41.9. The molecule has 0 amide bonds. The Morgan fingerprint density at radius 2 is 1.98 bits per heavy atom. The zero-order valence-electron chi connectivity index (χ0n) is 32.1. The monoisotopic (exact) mass is 702 g/mol. The minimum atomic E-state index is -1.12. The van der Waals surface area contributed by atoms with Crippen molar-refractivity contribution in [2.24, 2.45) is 23.2 Å². The number of carbonyl (C=O) groups is 1. The van der Waals surface area contributed by atoms with Gasteiger partial charge in [0.2, 0.25) is 0 Å². The average molecular weight is 703 g/mol. The molecule has 1 aromatic carbocycles. The van der Waals surface area contributed by atoms with Gasteiger partial charge in [-0.3, -0.25) is 4.79 Å². The van der Waals surface area contributed by atoms with E-state index in [9.17, 15) is 20.1 Å². The largest absolute Gasteiger partial charge is 0.396 e. The van der Waals surface area contributed by atoms with E-state index in [1.807, 2.05) is 20.9 Å². The third kappa shape index (κ3) is 9.87. The maximum absolute atomic E-state index is 12.6. The molecule has 7 atom stereocenters. The molecule has 1 aliphatic heterocycles. The molecule has 7 heteroatoms. The average Bonchev–Trinajstić information content (AvgIpc) is 3.46. The zero-order valence-corrected chi connectivity index (χ0v) is 32.1. The second-order valence-electron chi connectivity index (χ2n) is 15.6. The third-order valence-electron chi connectivity index (χ3n) is 12.2. The Hall–Kier alpha value is -2.65. The van der Waals surface area contributed by atoms with Crippen LogP contribution in [-0.2, 0) is 22.4 Å². The predicted molar refractivity (Wildman–Crippen MR) is 208 cm³/mol. The zero-order chi connectivity index (χ0) is 37.0. The van der Waals surface area contributed by atoms with Crippen LogP contribution < -0.4 is 10.6 Å². The summed E-state index contributed by atoms with van der Waals surface area (Å²) in [7, 11) is 1.88. The molecule has 51 heavy (non-hydrogen) atoms. The van der Waals surface area contributed by atoms with E-state index >= 15 is 0 Å². The van der Waals surface area contributed by atoms with Gasteiger partial charge in [0.15, 0.2) is 0 Å². The minimum absolute atomic E-state index is 0.0243. The minimum Gasteiger partial charge on any atom is -0.396 e. The lowest BCUT2D eigenvalue weighted by Crippen LogP contribution is -2.61. The van der Waals surface area contributed by atoms with E-state index in [1.165, 1.54) is 16.7 Å². The van der Waals surface area contributed by atoms with Crippen molar-refractivity contribution in [2.75, 3.05) is 40.0 Å². The Morgan fingerprint density at radius 1 is 1.22 bits per heavy atom. The topological polar surface area (TPSA) is 111 Å². The standard InChI is InChI=1S/C44H66N2O5/c1-7-51-30-38(14-8-11-32(3)37-17-16-31(2)28-46-34(5)25-35-12-9-13-36(26-35)27-37)40-19-21-44(42(40)49)41(15-10-24-47)39(33(4)29-48)18-20-43(44,50)22-23-45-6/h8-9,11-14,16,26,29,34,37,40-42,45-47,49-50H,3,7,10,15,17-25,27-28,30H2,1-2,4-6H3.